The molecule has 0 radical (unpaired) electrons. The fourth-order valence-corrected chi connectivity index (χ4v) is 1.41. The number of thiocarbonyl (C=S) groups is 2. The minimum Gasteiger partial charge on any atom is -0.497 e. The molecule has 0 amide bonds. The van der Waals surface area contributed by atoms with Crippen LogP contribution in [-0.4, -0.2) is 36.7 Å². The fraction of sp³-hybridized carbons (Fsp3) is 0.333. The number of carbonyl (C=O) groups excluding carboxylic acids is 1. The molecule has 1 aromatic rings. The Labute approximate surface area is 132 Å². The molecule has 2 N–H and O–H groups in total. The van der Waals surface area contributed by atoms with E-state index < -0.39 is 0 Å². The molecule has 0 aliphatic rings. The lowest BCUT2D eigenvalue weighted by molar-refractivity contribution is 0.102. The van der Waals surface area contributed by atoms with E-state index in [1.165, 1.54) is 14.2 Å². The molecule has 4 nitrogen and oxygen atoms in total. The van der Waals surface area contributed by atoms with Crippen LogP contribution in [0.15, 0.2) is 18.2 Å². The van der Waals surface area contributed by atoms with Crippen LogP contribution >= 0.6 is 40.4 Å². The Kier molecular flexibility index (Phi) is 14.6. The number of benzene rings is 1. The third kappa shape index (κ3) is 8.02. The second-order valence-electron chi connectivity index (χ2n) is 2.71. The SMILES string of the molecule is CN.COc1ccc(OC)c(C(=O)CBr)c1.S=C=S. The van der Waals surface area contributed by atoms with E-state index >= 15 is 0 Å². The summed E-state index contributed by atoms with van der Waals surface area (Å²) in [7, 11) is 4.59. The van der Waals surface area contributed by atoms with Gasteiger partial charge in [-0.2, -0.15) is 0 Å². The Bertz CT molecular complexity index is 421. The van der Waals surface area contributed by atoms with Gasteiger partial charge in [-0.15, -0.1) is 0 Å². The Morgan fingerprint density at radius 3 is 2.21 bits per heavy atom. The van der Waals surface area contributed by atoms with Crippen LogP contribution in [0.25, 0.3) is 0 Å². The van der Waals surface area contributed by atoms with Crippen LogP contribution in [0.5, 0.6) is 11.5 Å². The second-order valence-corrected chi connectivity index (χ2v) is 3.93. The number of halogens is 1. The molecule has 1 rings (SSSR count). The maximum absolute atomic E-state index is 11.5. The molecule has 0 aliphatic carbocycles. The Morgan fingerprint density at radius 1 is 1.32 bits per heavy atom. The summed E-state index contributed by atoms with van der Waals surface area (Å²) in [5.41, 5.74) is 5.03. The average Bonchev–Trinajstić information content (AvgIpc) is 2.48. The first kappa shape index (κ1) is 20.5. The molecule has 1 aromatic carbocycles. The number of ether oxygens (including phenoxy) is 2. The van der Waals surface area contributed by atoms with Crippen molar-refractivity contribution >= 4 is 50.5 Å². The van der Waals surface area contributed by atoms with Crippen LogP contribution < -0.4 is 15.2 Å². The largest absolute Gasteiger partial charge is 0.497 e. The first-order chi connectivity index (χ1) is 9.14. The topological polar surface area (TPSA) is 61.6 Å². The monoisotopic (exact) mass is 365 g/mol. The van der Waals surface area contributed by atoms with Crippen molar-refractivity contribution in [1.82, 2.24) is 0 Å². The van der Waals surface area contributed by atoms with E-state index in [1.807, 2.05) is 4.31 Å². The van der Waals surface area contributed by atoms with Gasteiger partial charge in [0.1, 0.15) is 11.5 Å². The van der Waals surface area contributed by atoms with Gasteiger partial charge >= 0.3 is 0 Å². The van der Waals surface area contributed by atoms with Crippen LogP contribution in [0.3, 0.4) is 0 Å². The molecule has 0 fully saturated rings. The summed E-state index contributed by atoms with van der Waals surface area (Å²) in [6, 6.07) is 5.14. The number of carbonyl (C=O) groups is 1. The highest BCUT2D eigenvalue weighted by Gasteiger charge is 2.11. The number of hydrogen-bond acceptors (Lipinski definition) is 6. The summed E-state index contributed by atoms with van der Waals surface area (Å²) < 4.78 is 12.0. The van der Waals surface area contributed by atoms with Gasteiger partial charge in [-0.05, 0) is 49.7 Å². The van der Waals surface area contributed by atoms with Gasteiger partial charge in [0.2, 0.25) is 0 Å². The van der Waals surface area contributed by atoms with Crippen molar-refractivity contribution in [2.24, 2.45) is 5.73 Å². The average molecular weight is 366 g/mol. The second kappa shape index (κ2) is 13.6. The van der Waals surface area contributed by atoms with Gasteiger partial charge in [0, 0.05) is 4.31 Å². The Morgan fingerprint density at radius 2 is 1.84 bits per heavy atom. The molecule has 7 heteroatoms. The molecule has 0 saturated heterocycles. The van der Waals surface area contributed by atoms with Gasteiger partial charge in [-0.1, -0.05) is 15.9 Å². The van der Waals surface area contributed by atoms with Crippen molar-refractivity contribution in [1.29, 1.82) is 0 Å². The molecule has 0 bridgehead atoms. The van der Waals surface area contributed by atoms with E-state index in [9.17, 15) is 4.79 Å². The number of methoxy groups -OCH3 is 2. The molecular formula is C12H16BrNO3S2. The van der Waals surface area contributed by atoms with Crippen LogP contribution in [0, 0.1) is 0 Å². The van der Waals surface area contributed by atoms with Gasteiger partial charge in [0.05, 0.1) is 25.1 Å². The smallest absolute Gasteiger partial charge is 0.177 e. The van der Waals surface area contributed by atoms with Gasteiger partial charge < -0.3 is 15.2 Å². The van der Waals surface area contributed by atoms with E-state index in [1.54, 1.807) is 25.3 Å². The van der Waals surface area contributed by atoms with Crippen molar-refractivity contribution in [3.05, 3.63) is 23.8 Å². The van der Waals surface area contributed by atoms with E-state index in [0.29, 0.717) is 17.1 Å². The maximum atomic E-state index is 11.5. The van der Waals surface area contributed by atoms with E-state index in [0.717, 1.165) is 0 Å². The highest BCUT2D eigenvalue weighted by Crippen LogP contribution is 2.24. The molecule has 0 aromatic heterocycles. The van der Waals surface area contributed by atoms with Gasteiger partial charge in [0.15, 0.2) is 5.78 Å². The summed E-state index contributed by atoms with van der Waals surface area (Å²) in [5, 5.41) is 0.274. The first-order valence-corrected chi connectivity index (χ1v) is 6.96. The Hall–Kier alpha value is -0.850. The number of Topliss-reactive ketones (excluding diaryl/α,β-unsaturated/α-hetero) is 1. The Balaban J connectivity index is 0. The molecule has 0 aliphatic heterocycles. The molecule has 0 saturated carbocycles. The van der Waals surface area contributed by atoms with E-state index in [2.05, 4.69) is 46.1 Å². The van der Waals surface area contributed by atoms with Crippen molar-refractivity contribution in [2.45, 2.75) is 0 Å². The number of ketones is 1. The molecule has 0 spiro atoms. The summed E-state index contributed by atoms with van der Waals surface area (Å²) in [6.07, 6.45) is 0. The molecular weight excluding hydrogens is 350 g/mol. The zero-order valence-electron chi connectivity index (χ0n) is 10.9. The summed E-state index contributed by atoms with van der Waals surface area (Å²) >= 11 is 11.0. The zero-order chi connectivity index (χ0) is 15.3. The number of alkyl halides is 1. The minimum atomic E-state index is -0.0271. The predicted molar refractivity (Wildman–Crippen MR) is 88.0 cm³/mol. The van der Waals surface area contributed by atoms with Crippen LogP contribution in [0.2, 0.25) is 0 Å². The summed E-state index contributed by atoms with van der Waals surface area (Å²) in [5.74, 6) is 1.19. The molecule has 0 atom stereocenters. The van der Waals surface area contributed by atoms with Gasteiger partial charge in [0.25, 0.3) is 0 Å². The zero-order valence-corrected chi connectivity index (χ0v) is 14.2. The van der Waals surface area contributed by atoms with Crippen molar-refractivity contribution in [3.8, 4) is 11.5 Å². The number of rotatable bonds is 4. The van der Waals surface area contributed by atoms with Gasteiger partial charge in [-0.25, -0.2) is 0 Å². The summed E-state index contributed by atoms with van der Waals surface area (Å²) in [6.45, 7) is 0. The lowest BCUT2D eigenvalue weighted by Gasteiger charge is -2.08. The highest BCUT2D eigenvalue weighted by molar-refractivity contribution is 9.09. The van der Waals surface area contributed by atoms with E-state index in [4.69, 9.17) is 9.47 Å². The highest BCUT2D eigenvalue weighted by atomic mass is 79.9. The summed E-state index contributed by atoms with van der Waals surface area (Å²) in [4.78, 5) is 11.5. The van der Waals surface area contributed by atoms with Crippen LogP contribution in [0.1, 0.15) is 10.4 Å². The fourth-order valence-electron chi connectivity index (χ4n) is 1.10. The normalized spacial score (nSPS) is 7.84. The molecule has 106 valence electrons. The molecule has 0 heterocycles. The third-order valence-electron chi connectivity index (χ3n) is 1.83. The van der Waals surface area contributed by atoms with Gasteiger partial charge in [-0.3, -0.25) is 4.79 Å². The van der Waals surface area contributed by atoms with Crippen molar-refractivity contribution < 1.29 is 14.3 Å². The van der Waals surface area contributed by atoms with Crippen LogP contribution in [0.4, 0.5) is 0 Å². The van der Waals surface area contributed by atoms with Crippen LogP contribution in [-0.2, 0) is 0 Å². The predicted octanol–water partition coefficient (Wildman–Crippen LogP) is 2.87. The van der Waals surface area contributed by atoms with Crippen molar-refractivity contribution in [3.63, 3.8) is 0 Å². The quantitative estimate of drug-likeness (QED) is 0.502. The number of nitrogens with two attached hydrogens (primary N) is 1. The lowest BCUT2D eigenvalue weighted by atomic mass is 10.1. The van der Waals surface area contributed by atoms with Crippen molar-refractivity contribution in [2.75, 3.05) is 26.6 Å². The third-order valence-corrected chi connectivity index (χ3v) is 2.34. The molecule has 19 heavy (non-hydrogen) atoms. The van der Waals surface area contributed by atoms with E-state index in [-0.39, 0.29) is 11.1 Å². The lowest BCUT2D eigenvalue weighted by Crippen LogP contribution is -2.03. The molecule has 0 unspecified atom stereocenters. The number of hydrogen-bond donors (Lipinski definition) is 1. The minimum absolute atomic E-state index is 0.0271. The standard InChI is InChI=1S/C10H11BrO3.CH5N.CS2/c1-13-7-3-4-10(14-2)8(5-7)9(12)6-11;1-2;2-1-3/h3-5H,6H2,1-2H3;2H2,1H3;. The maximum Gasteiger partial charge on any atom is 0.177 e. The first-order valence-electron chi connectivity index (χ1n) is 5.02.